The Morgan fingerprint density at radius 1 is 1.06 bits per heavy atom. The Balaban J connectivity index is 1.29. The molecule has 3 aromatic rings. The number of guanidine groups is 2. The van der Waals surface area contributed by atoms with Gasteiger partial charge in [-0.25, -0.2) is 4.99 Å². The third-order valence-corrected chi connectivity index (χ3v) is 7.11. The predicted molar refractivity (Wildman–Crippen MR) is 138 cm³/mol. The van der Waals surface area contributed by atoms with E-state index < -0.39 is 5.79 Å². The third kappa shape index (κ3) is 5.61. The fourth-order valence-electron chi connectivity index (χ4n) is 4.41. The molecule has 34 heavy (non-hydrogen) atoms. The monoisotopic (exact) mass is 474 g/mol. The Bertz CT molecular complexity index is 1110. The van der Waals surface area contributed by atoms with Crippen molar-refractivity contribution >= 4 is 28.9 Å². The fourth-order valence-corrected chi connectivity index (χ4v) is 5.05. The van der Waals surface area contributed by atoms with Crippen molar-refractivity contribution in [3.05, 3.63) is 82.8 Å². The molecule has 2 aliphatic rings. The van der Waals surface area contributed by atoms with Crippen LogP contribution < -0.4 is 21.7 Å². The molecule has 2 aromatic heterocycles. The lowest BCUT2D eigenvalue weighted by molar-refractivity contribution is 0.118. The normalized spacial score (nSPS) is 21.3. The van der Waals surface area contributed by atoms with Crippen molar-refractivity contribution in [2.24, 2.45) is 21.6 Å². The molecule has 0 spiro atoms. The Morgan fingerprint density at radius 3 is 2.59 bits per heavy atom. The van der Waals surface area contributed by atoms with Gasteiger partial charge in [0.25, 0.3) is 0 Å². The van der Waals surface area contributed by atoms with Gasteiger partial charge in [0.05, 0.1) is 6.54 Å². The quantitative estimate of drug-likeness (QED) is 0.438. The first-order valence-electron chi connectivity index (χ1n) is 11.6. The molecule has 5 N–H and O–H groups in total. The van der Waals surface area contributed by atoms with Crippen molar-refractivity contribution in [2.75, 3.05) is 18.4 Å². The topological polar surface area (TPSA) is 103 Å². The molecular weight excluding hydrogens is 444 g/mol. The molecule has 8 nitrogen and oxygen atoms in total. The van der Waals surface area contributed by atoms with Crippen molar-refractivity contribution < 1.29 is 0 Å². The molecule has 0 radical (unpaired) electrons. The summed E-state index contributed by atoms with van der Waals surface area (Å²) in [5.41, 5.74) is 9.14. The third-order valence-electron chi connectivity index (χ3n) is 6.23. The number of likely N-dealkylation sites (tertiary alicyclic amines) is 1. The number of aliphatic imine (C=N–C) groups is 2. The van der Waals surface area contributed by atoms with E-state index in [1.165, 1.54) is 10.4 Å². The molecule has 176 valence electrons. The Morgan fingerprint density at radius 2 is 1.85 bits per heavy atom. The predicted octanol–water partition coefficient (Wildman–Crippen LogP) is 3.18. The highest BCUT2D eigenvalue weighted by Crippen LogP contribution is 2.28. The van der Waals surface area contributed by atoms with Gasteiger partial charge in [-0.3, -0.25) is 15.6 Å². The molecule has 9 heteroatoms. The van der Waals surface area contributed by atoms with Crippen molar-refractivity contribution in [3.8, 4) is 0 Å². The summed E-state index contributed by atoms with van der Waals surface area (Å²) in [7, 11) is 0. The van der Waals surface area contributed by atoms with Crippen LogP contribution in [0.5, 0.6) is 0 Å². The number of nitrogens with one attached hydrogen (secondary N) is 3. The van der Waals surface area contributed by atoms with E-state index in [1.54, 1.807) is 23.7 Å². The summed E-state index contributed by atoms with van der Waals surface area (Å²) >= 11 is 1.71. The zero-order valence-corrected chi connectivity index (χ0v) is 19.8. The van der Waals surface area contributed by atoms with Gasteiger partial charge >= 0.3 is 0 Å². The molecule has 1 atom stereocenters. The number of nitrogens with two attached hydrogens (primary N) is 1. The van der Waals surface area contributed by atoms with Crippen molar-refractivity contribution in [3.63, 3.8) is 0 Å². The van der Waals surface area contributed by atoms with Crippen LogP contribution in [0.2, 0.25) is 0 Å². The van der Waals surface area contributed by atoms with Crippen LogP contribution >= 0.6 is 11.3 Å². The van der Waals surface area contributed by atoms with E-state index >= 15 is 0 Å². The molecule has 0 amide bonds. The summed E-state index contributed by atoms with van der Waals surface area (Å²) in [5.74, 6) is 0.373. The molecule has 1 saturated heterocycles. The Hall–Kier alpha value is -3.27. The highest BCUT2D eigenvalue weighted by Gasteiger charge is 2.40. The number of rotatable bonds is 6. The summed E-state index contributed by atoms with van der Waals surface area (Å²) < 4.78 is 0. The number of pyridine rings is 1. The highest BCUT2D eigenvalue weighted by molar-refractivity contribution is 7.09. The minimum Gasteiger partial charge on any atom is -0.351 e. The first kappa shape index (κ1) is 22.5. The molecular formula is C25H30N8S. The number of aromatic nitrogens is 1. The van der Waals surface area contributed by atoms with Crippen LogP contribution in [-0.4, -0.2) is 40.7 Å². The van der Waals surface area contributed by atoms with Crippen LogP contribution in [-0.2, 0) is 13.1 Å². The Kier molecular flexibility index (Phi) is 6.84. The smallest absolute Gasteiger partial charge is 0.229 e. The number of anilines is 1. The molecule has 2 aliphatic heterocycles. The maximum Gasteiger partial charge on any atom is 0.229 e. The van der Waals surface area contributed by atoms with E-state index in [9.17, 15) is 0 Å². The van der Waals surface area contributed by atoms with Gasteiger partial charge in [-0.05, 0) is 55.1 Å². The van der Waals surface area contributed by atoms with E-state index in [1.807, 2.05) is 18.2 Å². The number of thiophene rings is 1. The number of piperidine rings is 1. The van der Waals surface area contributed by atoms with Crippen LogP contribution in [0.4, 0.5) is 5.69 Å². The fraction of sp³-hybridized carbons (Fsp3) is 0.320. The molecule has 1 unspecified atom stereocenters. The number of benzene rings is 1. The van der Waals surface area contributed by atoms with Gasteiger partial charge in [-0.2, -0.15) is 4.99 Å². The van der Waals surface area contributed by atoms with Gasteiger partial charge < -0.3 is 16.0 Å². The van der Waals surface area contributed by atoms with Crippen LogP contribution in [0.1, 0.15) is 23.3 Å². The average molecular weight is 475 g/mol. The summed E-state index contributed by atoms with van der Waals surface area (Å²) in [6.07, 6.45) is 5.39. The molecule has 0 bridgehead atoms. The van der Waals surface area contributed by atoms with Gasteiger partial charge in [0.2, 0.25) is 11.9 Å². The van der Waals surface area contributed by atoms with E-state index in [4.69, 9.17) is 10.7 Å². The van der Waals surface area contributed by atoms with E-state index in [-0.39, 0.29) is 5.92 Å². The standard InChI is InChI=1S/C25H30N8S/c26-25(20-10-14-33(15-11-20)18-19-5-2-1-3-6-19)31-23(28-17-22-7-4-16-34-22)30-24(32-25)29-21-8-12-27-13-9-21/h1-9,12-13,16,20H,10-11,14-15,17-18,26H2,(H3,27,28,29,30,31,32). The van der Waals surface area contributed by atoms with E-state index in [2.05, 4.69) is 72.6 Å². The summed E-state index contributed by atoms with van der Waals surface area (Å²) in [4.78, 5) is 17.3. The maximum absolute atomic E-state index is 6.93. The molecule has 1 aromatic carbocycles. The zero-order valence-electron chi connectivity index (χ0n) is 19.0. The lowest BCUT2D eigenvalue weighted by Gasteiger charge is -2.42. The van der Waals surface area contributed by atoms with E-state index in [0.29, 0.717) is 18.5 Å². The van der Waals surface area contributed by atoms with Crippen molar-refractivity contribution in [1.82, 2.24) is 20.5 Å². The maximum atomic E-state index is 6.93. The first-order chi connectivity index (χ1) is 16.7. The van der Waals surface area contributed by atoms with Gasteiger partial charge in [-0.1, -0.05) is 36.4 Å². The second-order valence-electron chi connectivity index (χ2n) is 8.68. The second-order valence-corrected chi connectivity index (χ2v) is 9.71. The van der Waals surface area contributed by atoms with Crippen LogP contribution in [0.3, 0.4) is 0 Å². The molecule has 1 fully saturated rings. The van der Waals surface area contributed by atoms with Gasteiger partial charge in [0.1, 0.15) is 0 Å². The molecule has 0 saturated carbocycles. The van der Waals surface area contributed by atoms with Crippen LogP contribution in [0, 0.1) is 5.92 Å². The summed E-state index contributed by atoms with van der Waals surface area (Å²) in [6, 6.07) is 18.5. The summed E-state index contributed by atoms with van der Waals surface area (Å²) in [5, 5.41) is 12.2. The van der Waals surface area contributed by atoms with Crippen LogP contribution in [0.15, 0.2) is 82.4 Å². The molecule has 4 heterocycles. The minimum atomic E-state index is -0.937. The number of hydrogen-bond donors (Lipinski definition) is 4. The van der Waals surface area contributed by atoms with Crippen molar-refractivity contribution in [1.29, 1.82) is 0 Å². The SMILES string of the molecule is NC1(C2CCN(Cc3ccccc3)CC2)N=C(Nc2ccncc2)N=C(NCc2cccs2)N1. The van der Waals surface area contributed by atoms with Crippen LogP contribution in [0.25, 0.3) is 0 Å². The lowest BCUT2D eigenvalue weighted by atomic mass is 9.89. The lowest BCUT2D eigenvalue weighted by Crippen LogP contribution is -2.65. The average Bonchev–Trinajstić information content (AvgIpc) is 3.38. The van der Waals surface area contributed by atoms with Crippen molar-refractivity contribution in [2.45, 2.75) is 31.7 Å². The van der Waals surface area contributed by atoms with E-state index in [0.717, 1.165) is 38.2 Å². The molecule has 0 aliphatic carbocycles. The summed E-state index contributed by atoms with van der Waals surface area (Å²) in [6.45, 7) is 3.61. The number of hydrogen-bond acceptors (Lipinski definition) is 9. The minimum absolute atomic E-state index is 0.183. The Labute approximate surface area is 204 Å². The molecule has 5 rings (SSSR count). The largest absolute Gasteiger partial charge is 0.351 e. The highest BCUT2D eigenvalue weighted by atomic mass is 32.1. The second kappa shape index (κ2) is 10.3. The zero-order chi connectivity index (χ0) is 23.2. The first-order valence-corrected chi connectivity index (χ1v) is 12.5. The van der Waals surface area contributed by atoms with Gasteiger partial charge in [0, 0.05) is 35.4 Å². The number of nitrogens with zero attached hydrogens (tertiary/aromatic N) is 4. The van der Waals surface area contributed by atoms with Gasteiger partial charge in [0.15, 0.2) is 5.79 Å². The van der Waals surface area contributed by atoms with Gasteiger partial charge in [-0.15, -0.1) is 11.3 Å².